The number of carbonyl (C=O) groups is 1. The minimum Gasteiger partial charge on any atom is -0.469 e. The molecule has 1 rings (SSSR count). The Morgan fingerprint density at radius 1 is 1.50 bits per heavy atom. The average Bonchev–Trinajstić information content (AvgIpc) is 2.75. The number of alkyl halides is 2. The summed E-state index contributed by atoms with van der Waals surface area (Å²) >= 11 is 10.6. The maximum Gasteiger partial charge on any atom is 0.276 e. The molecule has 0 unspecified atom stereocenters. The molecule has 1 amide bonds. The van der Waals surface area contributed by atoms with Crippen molar-refractivity contribution in [3.05, 3.63) is 24.2 Å². The Kier molecular flexibility index (Phi) is 6.30. The van der Waals surface area contributed by atoms with Crippen LogP contribution in [0.1, 0.15) is 18.6 Å². The van der Waals surface area contributed by atoms with Crippen LogP contribution < -0.4 is 5.48 Å². The molecule has 0 aromatic carbocycles. The van der Waals surface area contributed by atoms with Gasteiger partial charge in [-0.1, -0.05) is 23.2 Å². The second-order valence-electron chi connectivity index (χ2n) is 3.15. The molecule has 1 aromatic heterocycles. The molecule has 0 aliphatic heterocycles. The molecule has 0 bridgehead atoms. The number of hydrogen-bond acceptors (Lipinski definition) is 3. The first-order valence-electron chi connectivity index (χ1n) is 4.92. The quantitative estimate of drug-likeness (QED) is 0.468. The van der Waals surface area contributed by atoms with Crippen molar-refractivity contribution in [2.45, 2.75) is 24.1 Å². The van der Waals surface area contributed by atoms with E-state index in [1.807, 2.05) is 12.1 Å². The van der Waals surface area contributed by atoms with Crippen molar-refractivity contribution >= 4 is 29.1 Å². The molecule has 1 N–H and O–H groups in total. The lowest BCUT2D eigenvalue weighted by atomic mass is 10.2. The summed E-state index contributed by atoms with van der Waals surface area (Å²) in [5, 5.41) is 0. The number of carbonyl (C=O) groups excluding carboxylic acids is 1. The van der Waals surface area contributed by atoms with Crippen LogP contribution in [-0.4, -0.2) is 17.4 Å². The fraction of sp³-hybridized carbons (Fsp3) is 0.500. The average molecular weight is 266 g/mol. The number of unbranched alkanes of at least 4 members (excludes halogenated alkanes) is 1. The minimum atomic E-state index is -1.09. The molecule has 90 valence electrons. The molecule has 1 heterocycles. The minimum absolute atomic E-state index is 0.424. The Bertz CT molecular complexity index is 301. The molecule has 0 saturated heterocycles. The van der Waals surface area contributed by atoms with Gasteiger partial charge in [0.05, 0.1) is 12.9 Å². The smallest absolute Gasteiger partial charge is 0.276 e. The number of furan rings is 1. The molecular weight excluding hydrogens is 253 g/mol. The molecule has 16 heavy (non-hydrogen) atoms. The largest absolute Gasteiger partial charge is 0.469 e. The molecule has 0 radical (unpaired) electrons. The van der Waals surface area contributed by atoms with Gasteiger partial charge in [0.2, 0.25) is 0 Å². The van der Waals surface area contributed by atoms with Gasteiger partial charge in [0.25, 0.3) is 5.91 Å². The van der Waals surface area contributed by atoms with Gasteiger partial charge in [-0.25, -0.2) is 5.48 Å². The van der Waals surface area contributed by atoms with Crippen LogP contribution in [0.5, 0.6) is 0 Å². The van der Waals surface area contributed by atoms with Crippen LogP contribution in [0.25, 0.3) is 0 Å². The summed E-state index contributed by atoms with van der Waals surface area (Å²) in [5.41, 5.74) is 2.15. The van der Waals surface area contributed by atoms with E-state index in [0.717, 1.165) is 25.0 Å². The number of halogens is 2. The van der Waals surface area contributed by atoms with E-state index in [1.165, 1.54) is 0 Å². The van der Waals surface area contributed by atoms with E-state index >= 15 is 0 Å². The fourth-order valence-electron chi connectivity index (χ4n) is 1.09. The summed E-state index contributed by atoms with van der Waals surface area (Å²) in [6.45, 7) is 0.424. The maximum atomic E-state index is 10.8. The summed E-state index contributed by atoms with van der Waals surface area (Å²) in [5.74, 6) is 0.403. The number of aryl methyl sites for hydroxylation is 1. The molecular formula is C10H13Cl2NO3. The predicted molar refractivity (Wildman–Crippen MR) is 61.2 cm³/mol. The number of amides is 1. The Hall–Kier alpha value is -0.710. The first-order chi connectivity index (χ1) is 7.70. The van der Waals surface area contributed by atoms with Gasteiger partial charge in [0, 0.05) is 6.42 Å². The fourth-order valence-corrected chi connectivity index (χ4v) is 1.18. The van der Waals surface area contributed by atoms with Crippen LogP contribution in [0.3, 0.4) is 0 Å². The third kappa shape index (κ3) is 5.39. The molecule has 0 fully saturated rings. The monoisotopic (exact) mass is 265 g/mol. The van der Waals surface area contributed by atoms with Gasteiger partial charge in [0.1, 0.15) is 5.76 Å². The zero-order valence-corrected chi connectivity index (χ0v) is 10.1. The summed E-state index contributed by atoms with van der Waals surface area (Å²) in [7, 11) is 0. The Labute approximate surface area is 104 Å². The third-order valence-electron chi connectivity index (χ3n) is 1.87. The zero-order chi connectivity index (χ0) is 11.8. The molecule has 0 atom stereocenters. The van der Waals surface area contributed by atoms with Crippen molar-refractivity contribution in [3.63, 3.8) is 0 Å². The summed E-state index contributed by atoms with van der Waals surface area (Å²) < 4.78 is 5.16. The Balaban J connectivity index is 1.94. The SMILES string of the molecule is O=C(NOCCCCc1ccco1)C(Cl)Cl. The van der Waals surface area contributed by atoms with Crippen LogP contribution in [0.4, 0.5) is 0 Å². The Morgan fingerprint density at radius 3 is 2.94 bits per heavy atom. The van der Waals surface area contributed by atoms with Crippen molar-refractivity contribution in [2.24, 2.45) is 0 Å². The normalized spacial score (nSPS) is 10.7. The number of rotatable bonds is 7. The van der Waals surface area contributed by atoms with Crippen LogP contribution in [0.2, 0.25) is 0 Å². The highest BCUT2D eigenvalue weighted by Crippen LogP contribution is 2.05. The zero-order valence-electron chi connectivity index (χ0n) is 8.62. The van der Waals surface area contributed by atoms with E-state index in [0.29, 0.717) is 6.61 Å². The van der Waals surface area contributed by atoms with Gasteiger partial charge in [-0.3, -0.25) is 9.63 Å². The number of hydroxylamine groups is 1. The highest BCUT2D eigenvalue weighted by atomic mass is 35.5. The first-order valence-corrected chi connectivity index (χ1v) is 5.79. The van der Waals surface area contributed by atoms with Crippen molar-refractivity contribution in [2.75, 3.05) is 6.61 Å². The molecule has 0 spiro atoms. The standard InChI is InChI=1S/C10H13Cl2NO3/c11-9(12)10(14)13-16-7-2-1-4-8-5-3-6-15-8/h3,5-6,9H,1-2,4,7H2,(H,13,14). The van der Waals surface area contributed by atoms with Gasteiger partial charge in [-0.2, -0.15) is 0 Å². The van der Waals surface area contributed by atoms with Crippen molar-refractivity contribution in [3.8, 4) is 0 Å². The van der Waals surface area contributed by atoms with Gasteiger partial charge in [-0.05, 0) is 25.0 Å². The van der Waals surface area contributed by atoms with Gasteiger partial charge >= 0.3 is 0 Å². The van der Waals surface area contributed by atoms with Gasteiger partial charge < -0.3 is 4.42 Å². The maximum absolute atomic E-state index is 10.8. The van der Waals surface area contributed by atoms with Crippen LogP contribution in [0, 0.1) is 0 Å². The summed E-state index contributed by atoms with van der Waals surface area (Å²) in [6.07, 6.45) is 4.25. The molecule has 1 aromatic rings. The third-order valence-corrected chi connectivity index (χ3v) is 2.27. The van der Waals surface area contributed by atoms with Crippen LogP contribution >= 0.6 is 23.2 Å². The van der Waals surface area contributed by atoms with E-state index in [-0.39, 0.29) is 0 Å². The van der Waals surface area contributed by atoms with E-state index < -0.39 is 10.7 Å². The Morgan fingerprint density at radius 2 is 2.31 bits per heavy atom. The van der Waals surface area contributed by atoms with E-state index in [1.54, 1.807) is 6.26 Å². The number of hydrogen-bond donors (Lipinski definition) is 1. The summed E-state index contributed by atoms with van der Waals surface area (Å²) in [4.78, 5) is 14.6. The van der Waals surface area contributed by atoms with Crippen molar-refractivity contribution in [1.82, 2.24) is 5.48 Å². The lowest BCUT2D eigenvalue weighted by Crippen LogP contribution is -2.28. The van der Waals surface area contributed by atoms with Crippen LogP contribution in [-0.2, 0) is 16.1 Å². The van der Waals surface area contributed by atoms with E-state index in [4.69, 9.17) is 32.5 Å². The van der Waals surface area contributed by atoms with E-state index in [2.05, 4.69) is 5.48 Å². The van der Waals surface area contributed by atoms with Crippen molar-refractivity contribution in [1.29, 1.82) is 0 Å². The lowest BCUT2D eigenvalue weighted by Gasteiger charge is -2.05. The molecule has 6 heteroatoms. The van der Waals surface area contributed by atoms with Crippen molar-refractivity contribution < 1.29 is 14.0 Å². The van der Waals surface area contributed by atoms with Gasteiger partial charge in [0.15, 0.2) is 4.84 Å². The lowest BCUT2D eigenvalue weighted by molar-refractivity contribution is -0.131. The molecule has 4 nitrogen and oxygen atoms in total. The highest BCUT2D eigenvalue weighted by molar-refractivity contribution is 6.53. The van der Waals surface area contributed by atoms with Gasteiger partial charge in [-0.15, -0.1) is 0 Å². The summed E-state index contributed by atoms with van der Waals surface area (Å²) in [6, 6.07) is 3.78. The first kappa shape index (κ1) is 13.4. The van der Waals surface area contributed by atoms with E-state index in [9.17, 15) is 4.79 Å². The second kappa shape index (κ2) is 7.54. The predicted octanol–water partition coefficient (Wildman–Crippen LogP) is 2.45. The molecule has 0 saturated carbocycles. The topological polar surface area (TPSA) is 51.5 Å². The number of nitrogens with one attached hydrogen (secondary N) is 1. The highest BCUT2D eigenvalue weighted by Gasteiger charge is 2.10. The molecule has 0 aliphatic carbocycles. The second-order valence-corrected chi connectivity index (χ2v) is 4.25. The molecule has 0 aliphatic rings. The van der Waals surface area contributed by atoms with Crippen LogP contribution in [0.15, 0.2) is 22.8 Å².